The van der Waals surface area contributed by atoms with Crippen LogP contribution in [-0.4, -0.2) is 46.2 Å². The first kappa shape index (κ1) is 13.0. The number of nitrogens with one attached hydrogen (secondary N) is 1. The molecule has 5 nitrogen and oxygen atoms in total. The van der Waals surface area contributed by atoms with Gasteiger partial charge in [-0.05, 0) is 33.8 Å². The Labute approximate surface area is 108 Å². The molecule has 0 spiro atoms. The molecule has 1 aliphatic rings. The molecule has 5 heteroatoms. The molecule has 0 aliphatic carbocycles. The molecule has 1 saturated heterocycles. The maximum Gasteiger partial charge on any atom is 0.256 e. The normalized spacial score (nSPS) is 24.1. The molecule has 0 radical (unpaired) electrons. The second-order valence-corrected chi connectivity index (χ2v) is 5.10. The number of piperazine rings is 1. The first-order valence-electron chi connectivity index (χ1n) is 6.34. The second-order valence-electron chi connectivity index (χ2n) is 5.10. The lowest BCUT2D eigenvalue weighted by Crippen LogP contribution is -2.56. The number of aromatic nitrogens is 2. The molecule has 0 bridgehead atoms. The molecule has 2 atom stereocenters. The van der Waals surface area contributed by atoms with E-state index in [-0.39, 0.29) is 11.9 Å². The van der Waals surface area contributed by atoms with Crippen LogP contribution >= 0.6 is 0 Å². The Balaban J connectivity index is 2.27. The molecule has 1 N–H and O–H groups in total. The fourth-order valence-corrected chi connectivity index (χ4v) is 2.23. The van der Waals surface area contributed by atoms with Gasteiger partial charge in [0.1, 0.15) is 0 Å². The summed E-state index contributed by atoms with van der Waals surface area (Å²) in [6.45, 7) is 9.41. The van der Waals surface area contributed by atoms with Crippen molar-refractivity contribution in [1.82, 2.24) is 20.4 Å². The summed E-state index contributed by atoms with van der Waals surface area (Å²) in [5.41, 5.74) is 2.15. The number of carbonyl (C=O) groups is 1. The van der Waals surface area contributed by atoms with Gasteiger partial charge in [0.2, 0.25) is 0 Å². The summed E-state index contributed by atoms with van der Waals surface area (Å²) in [6, 6.07) is 2.37. The highest BCUT2D eigenvalue weighted by Gasteiger charge is 2.28. The highest BCUT2D eigenvalue weighted by atomic mass is 16.2. The van der Waals surface area contributed by atoms with E-state index in [2.05, 4.69) is 29.4 Å². The lowest BCUT2D eigenvalue weighted by molar-refractivity contribution is 0.0614. The summed E-state index contributed by atoms with van der Waals surface area (Å²) in [5, 5.41) is 11.4. The summed E-state index contributed by atoms with van der Waals surface area (Å²) in [6.07, 6.45) is 0. The van der Waals surface area contributed by atoms with Crippen molar-refractivity contribution in [1.29, 1.82) is 0 Å². The minimum atomic E-state index is 0.0614. The van der Waals surface area contributed by atoms with Crippen molar-refractivity contribution in [2.75, 3.05) is 13.1 Å². The van der Waals surface area contributed by atoms with E-state index < -0.39 is 0 Å². The summed E-state index contributed by atoms with van der Waals surface area (Å²) in [7, 11) is 0. The fraction of sp³-hybridized carbons (Fsp3) is 0.615. The lowest BCUT2D eigenvalue weighted by Gasteiger charge is -2.37. The topological polar surface area (TPSA) is 58.1 Å². The molecule has 2 rings (SSSR count). The predicted molar refractivity (Wildman–Crippen MR) is 69.5 cm³/mol. The SMILES string of the molecule is Cc1cc(C(=O)N2CC(C)NCC2C)c(C)nn1. The molecule has 1 amide bonds. The molecule has 1 aliphatic heterocycles. The van der Waals surface area contributed by atoms with E-state index in [0.717, 1.165) is 18.8 Å². The van der Waals surface area contributed by atoms with Crippen molar-refractivity contribution in [3.63, 3.8) is 0 Å². The van der Waals surface area contributed by atoms with Crippen molar-refractivity contribution in [2.24, 2.45) is 0 Å². The van der Waals surface area contributed by atoms with E-state index in [0.29, 0.717) is 17.3 Å². The van der Waals surface area contributed by atoms with Gasteiger partial charge in [0.25, 0.3) is 5.91 Å². The van der Waals surface area contributed by atoms with Gasteiger partial charge in [0, 0.05) is 25.2 Å². The number of nitrogens with zero attached hydrogens (tertiary/aromatic N) is 3. The maximum atomic E-state index is 12.6. The minimum absolute atomic E-state index is 0.0614. The summed E-state index contributed by atoms with van der Waals surface area (Å²) in [4.78, 5) is 14.5. The van der Waals surface area contributed by atoms with Crippen LogP contribution in [0.15, 0.2) is 6.07 Å². The molecule has 98 valence electrons. The highest BCUT2D eigenvalue weighted by molar-refractivity contribution is 5.95. The minimum Gasteiger partial charge on any atom is -0.333 e. The third-order valence-electron chi connectivity index (χ3n) is 3.36. The zero-order valence-electron chi connectivity index (χ0n) is 11.4. The Morgan fingerprint density at radius 1 is 1.39 bits per heavy atom. The van der Waals surface area contributed by atoms with Gasteiger partial charge in [0.05, 0.1) is 17.0 Å². The first-order chi connectivity index (χ1) is 8.49. The Kier molecular flexibility index (Phi) is 3.61. The zero-order chi connectivity index (χ0) is 13.3. The third-order valence-corrected chi connectivity index (χ3v) is 3.36. The van der Waals surface area contributed by atoms with E-state index >= 15 is 0 Å². The standard InChI is InChI=1S/C13H20N4O/c1-8-5-12(11(4)16-15-8)13(18)17-7-9(2)14-6-10(17)3/h5,9-10,14H,6-7H2,1-4H3. The first-order valence-corrected chi connectivity index (χ1v) is 6.34. The molecule has 2 unspecified atom stereocenters. The maximum absolute atomic E-state index is 12.6. The zero-order valence-corrected chi connectivity index (χ0v) is 11.4. The Hall–Kier alpha value is -1.49. The molecular weight excluding hydrogens is 228 g/mol. The average Bonchev–Trinajstić information content (AvgIpc) is 2.34. The van der Waals surface area contributed by atoms with Gasteiger partial charge in [-0.25, -0.2) is 0 Å². The van der Waals surface area contributed by atoms with Crippen LogP contribution in [0.2, 0.25) is 0 Å². The molecule has 1 aromatic rings. The molecule has 18 heavy (non-hydrogen) atoms. The van der Waals surface area contributed by atoms with Crippen molar-refractivity contribution >= 4 is 5.91 Å². The van der Waals surface area contributed by atoms with Crippen LogP contribution in [0.4, 0.5) is 0 Å². The van der Waals surface area contributed by atoms with Gasteiger partial charge < -0.3 is 10.2 Å². The molecule has 1 aromatic heterocycles. The van der Waals surface area contributed by atoms with Gasteiger partial charge in [-0.3, -0.25) is 4.79 Å². The number of rotatable bonds is 1. The van der Waals surface area contributed by atoms with E-state index in [4.69, 9.17) is 0 Å². The van der Waals surface area contributed by atoms with Gasteiger partial charge in [0.15, 0.2) is 0 Å². The van der Waals surface area contributed by atoms with Crippen LogP contribution in [0.25, 0.3) is 0 Å². The molecule has 0 saturated carbocycles. The number of hydrogen-bond donors (Lipinski definition) is 1. The van der Waals surface area contributed by atoms with Gasteiger partial charge in [-0.2, -0.15) is 10.2 Å². The van der Waals surface area contributed by atoms with Gasteiger partial charge >= 0.3 is 0 Å². The largest absolute Gasteiger partial charge is 0.333 e. The lowest BCUT2D eigenvalue weighted by atomic mass is 10.1. The van der Waals surface area contributed by atoms with Crippen LogP contribution < -0.4 is 5.32 Å². The van der Waals surface area contributed by atoms with Crippen molar-refractivity contribution in [2.45, 2.75) is 39.8 Å². The summed E-state index contributed by atoms with van der Waals surface area (Å²) in [5.74, 6) is 0.0614. The van der Waals surface area contributed by atoms with E-state index in [1.807, 2.05) is 24.8 Å². The van der Waals surface area contributed by atoms with Crippen LogP contribution in [0, 0.1) is 13.8 Å². The van der Waals surface area contributed by atoms with Gasteiger partial charge in [-0.1, -0.05) is 0 Å². The van der Waals surface area contributed by atoms with Crippen molar-refractivity contribution < 1.29 is 4.79 Å². The molecular formula is C13H20N4O. The van der Waals surface area contributed by atoms with Crippen LogP contribution in [0.3, 0.4) is 0 Å². The van der Waals surface area contributed by atoms with Crippen LogP contribution in [0.5, 0.6) is 0 Å². The van der Waals surface area contributed by atoms with E-state index in [9.17, 15) is 4.79 Å². The molecule has 0 aromatic carbocycles. The van der Waals surface area contributed by atoms with E-state index in [1.54, 1.807) is 0 Å². The number of aryl methyl sites for hydroxylation is 2. The summed E-state index contributed by atoms with van der Waals surface area (Å²) >= 11 is 0. The fourth-order valence-electron chi connectivity index (χ4n) is 2.23. The van der Waals surface area contributed by atoms with Gasteiger partial charge in [-0.15, -0.1) is 0 Å². The second kappa shape index (κ2) is 5.02. The number of amides is 1. The van der Waals surface area contributed by atoms with Crippen LogP contribution in [0.1, 0.15) is 35.6 Å². The Morgan fingerprint density at radius 2 is 2.11 bits per heavy atom. The Bertz CT molecular complexity index is 460. The summed E-state index contributed by atoms with van der Waals surface area (Å²) < 4.78 is 0. The number of carbonyl (C=O) groups excluding carboxylic acids is 1. The monoisotopic (exact) mass is 248 g/mol. The highest BCUT2D eigenvalue weighted by Crippen LogP contribution is 2.14. The third kappa shape index (κ3) is 2.51. The molecule has 2 heterocycles. The van der Waals surface area contributed by atoms with Crippen molar-refractivity contribution in [3.05, 3.63) is 23.0 Å². The predicted octanol–water partition coefficient (Wildman–Crippen LogP) is 0.916. The smallest absolute Gasteiger partial charge is 0.256 e. The number of hydrogen-bond acceptors (Lipinski definition) is 4. The Morgan fingerprint density at radius 3 is 2.83 bits per heavy atom. The van der Waals surface area contributed by atoms with Crippen LogP contribution in [-0.2, 0) is 0 Å². The average molecular weight is 248 g/mol. The molecule has 1 fully saturated rings. The quantitative estimate of drug-likeness (QED) is 0.803. The van der Waals surface area contributed by atoms with Crippen molar-refractivity contribution in [3.8, 4) is 0 Å². The van der Waals surface area contributed by atoms with E-state index in [1.165, 1.54) is 0 Å².